The minimum absolute atomic E-state index is 0.00649. The summed E-state index contributed by atoms with van der Waals surface area (Å²) in [6, 6.07) is 0. The molecule has 0 amide bonds. The second kappa shape index (κ2) is 9.68. The van der Waals surface area contributed by atoms with Gasteiger partial charge in [-0.05, 0) is 0 Å². The van der Waals surface area contributed by atoms with E-state index in [9.17, 15) is 28.2 Å². The van der Waals surface area contributed by atoms with Crippen molar-refractivity contribution in [1.82, 2.24) is 19.5 Å². The van der Waals surface area contributed by atoms with Crippen molar-refractivity contribution in [3.05, 3.63) is 12.7 Å². The number of aromatic nitrogens is 4. The highest BCUT2D eigenvalue weighted by atomic mass is 31.3. The van der Waals surface area contributed by atoms with Crippen molar-refractivity contribution in [3.8, 4) is 0 Å². The Bertz CT molecular complexity index is 1100. The maximum absolute atomic E-state index is 11.7. The summed E-state index contributed by atoms with van der Waals surface area (Å²) < 4.78 is 51.0. The van der Waals surface area contributed by atoms with Gasteiger partial charge in [0.25, 0.3) is 0 Å². The third-order valence-electron chi connectivity index (χ3n) is 3.06. The van der Waals surface area contributed by atoms with Gasteiger partial charge in [0.1, 0.15) is 17.9 Å². The van der Waals surface area contributed by atoms with Crippen LogP contribution in [0.15, 0.2) is 12.7 Å². The number of hydrogen-bond donors (Lipinski definition) is 5. The molecule has 0 spiro atoms. The molecule has 2 aromatic heterocycles. The van der Waals surface area contributed by atoms with E-state index in [-0.39, 0.29) is 29.6 Å². The maximum Gasteiger partial charge on any atom is 0.490 e. The molecule has 6 N–H and O–H groups in total. The zero-order chi connectivity index (χ0) is 23.4. The third-order valence-corrected chi connectivity index (χ3v) is 6.86. The summed E-state index contributed by atoms with van der Waals surface area (Å²) >= 11 is 0. The second-order valence-electron chi connectivity index (χ2n) is 5.31. The molecule has 0 aromatic carbocycles. The predicted molar refractivity (Wildman–Crippen MR) is 95.6 cm³/mol. The van der Waals surface area contributed by atoms with Crippen LogP contribution in [0.1, 0.15) is 6.23 Å². The summed E-state index contributed by atoms with van der Waals surface area (Å²) in [7, 11) is -16.8. The summed E-state index contributed by atoms with van der Waals surface area (Å²) in [6.07, 6.45) is -0.802. The molecule has 0 aliphatic rings. The molecular formula is C10H14N5O13P3. The number of aldehydes is 2. The van der Waals surface area contributed by atoms with Crippen LogP contribution in [0, 0.1) is 0 Å². The van der Waals surface area contributed by atoms with Crippen LogP contribution in [-0.4, -0.2) is 64.4 Å². The smallest absolute Gasteiger partial charge is 0.382 e. The molecule has 2 aromatic rings. The summed E-state index contributed by atoms with van der Waals surface area (Å²) in [5.41, 5.74) is 5.79. The van der Waals surface area contributed by atoms with Crippen LogP contribution in [0.3, 0.4) is 0 Å². The topological polar surface area (TPSA) is 273 Å². The Labute approximate surface area is 171 Å². The van der Waals surface area contributed by atoms with E-state index in [0.717, 1.165) is 17.2 Å². The van der Waals surface area contributed by atoms with E-state index in [4.69, 9.17) is 25.2 Å². The number of nitrogens with two attached hydrogens (primary N) is 1. The van der Waals surface area contributed by atoms with Gasteiger partial charge in [-0.25, -0.2) is 28.6 Å². The van der Waals surface area contributed by atoms with Crippen LogP contribution in [0.25, 0.3) is 11.2 Å². The lowest BCUT2D eigenvalue weighted by Crippen LogP contribution is -2.27. The Morgan fingerprint density at radius 3 is 2.29 bits per heavy atom. The largest absolute Gasteiger partial charge is 0.490 e. The van der Waals surface area contributed by atoms with Crippen molar-refractivity contribution in [2.75, 3.05) is 12.3 Å². The standard InChI is InChI=1S/C10H14N5O13P3/c11-9-8-10(13-4-12-9)15(5-14-8)7(2-17)26-6(1-16)3-25-30(21,22)28-31(23,24)27-29(18,19)20/h1-2,4-7H,3H2,(H,21,22)(H,23,24)(H2,11,12,13)(H2,18,19,20)/t6-,7+/m0/s1. The fourth-order valence-electron chi connectivity index (χ4n) is 1.98. The molecule has 0 bridgehead atoms. The van der Waals surface area contributed by atoms with Gasteiger partial charge >= 0.3 is 23.5 Å². The van der Waals surface area contributed by atoms with Crippen LogP contribution in [0.2, 0.25) is 0 Å². The number of fused-ring (bicyclic) bond motifs is 1. The number of anilines is 1. The quantitative estimate of drug-likeness (QED) is 0.171. The zero-order valence-corrected chi connectivity index (χ0v) is 17.5. The number of nitrogen functional groups attached to an aromatic ring is 1. The van der Waals surface area contributed by atoms with Gasteiger partial charge in [-0.1, -0.05) is 0 Å². The Kier molecular flexibility index (Phi) is 7.91. The highest BCUT2D eigenvalue weighted by molar-refractivity contribution is 7.66. The Hall–Kier alpha value is -1.94. The molecule has 2 rings (SSSR count). The molecular weight excluding hydrogens is 491 g/mol. The molecule has 172 valence electrons. The summed E-state index contributed by atoms with van der Waals surface area (Å²) in [5, 5.41) is 0. The van der Waals surface area contributed by atoms with Crippen LogP contribution in [-0.2, 0) is 41.2 Å². The molecule has 18 nitrogen and oxygen atoms in total. The first kappa shape index (κ1) is 25.3. The number of carbonyl (C=O) groups is 2. The first-order valence-electron chi connectivity index (χ1n) is 7.54. The highest BCUT2D eigenvalue weighted by Crippen LogP contribution is 2.66. The van der Waals surface area contributed by atoms with Crippen LogP contribution in [0.4, 0.5) is 5.82 Å². The van der Waals surface area contributed by atoms with Crippen molar-refractivity contribution in [2.45, 2.75) is 12.3 Å². The van der Waals surface area contributed by atoms with E-state index < -0.39 is 42.4 Å². The van der Waals surface area contributed by atoms with Crippen LogP contribution in [0.5, 0.6) is 0 Å². The van der Waals surface area contributed by atoms with Crippen molar-refractivity contribution in [2.24, 2.45) is 0 Å². The second-order valence-corrected chi connectivity index (χ2v) is 9.73. The molecule has 0 radical (unpaired) electrons. The summed E-state index contributed by atoms with van der Waals surface area (Å²) in [6.45, 7) is -1.10. The average Bonchev–Trinajstić information content (AvgIpc) is 3.04. The van der Waals surface area contributed by atoms with Gasteiger partial charge in [-0.2, -0.15) is 8.62 Å². The first-order chi connectivity index (χ1) is 14.3. The molecule has 2 unspecified atom stereocenters. The monoisotopic (exact) mass is 505 g/mol. The molecule has 0 aliphatic heterocycles. The molecule has 0 saturated heterocycles. The van der Waals surface area contributed by atoms with Crippen LogP contribution >= 0.6 is 23.5 Å². The van der Waals surface area contributed by atoms with Crippen molar-refractivity contribution in [1.29, 1.82) is 0 Å². The zero-order valence-electron chi connectivity index (χ0n) is 14.8. The number of imidazole rings is 1. The lowest BCUT2D eigenvalue weighted by atomic mass is 10.4. The number of rotatable bonds is 12. The molecule has 4 atom stereocenters. The fraction of sp³-hybridized carbons (Fsp3) is 0.300. The molecule has 21 heteroatoms. The number of phosphoric ester groups is 1. The third kappa shape index (κ3) is 7.31. The van der Waals surface area contributed by atoms with E-state index in [0.29, 0.717) is 0 Å². The van der Waals surface area contributed by atoms with Gasteiger partial charge in [0.05, 0.1) is 12.9 Å². The predicted octanol–water partition coefficient (Wildman–Crippen LogP) is -0.967. The average molecular weight is 505 g/mol. The minimum Gasteiger partial charge on any atom is -0.382 e. The van der Waals surface area contributed by atoms with Crippen LogP contribution < -0.4 is 5.73 Å². The van der Waals surface area contributed by atoms with Crippen molar-refractivity contribution in [3.63, 3.8) is 0 Å². The maximum atomic E-state index is 11.7. The van der Waals surface area contributed by atoms with Gasteiger partial charge in [-0.3, -0.25) is 13.9 Å². The molecule has 0 saturated carbocycles. The van der Waals surface area contributed by atoms with Gasteiger partial charge in [0.15, 0.2) is 30.3 Å². The minimum atomic E-state index is -5.73. The number of hydrogen-bond acceptors (Lipinski definition) is 13. The summed E-state index contributed by atoms with van der Waals surface area (Å²) in [5.74, 6) is -0.00649. The number of ether oxygens (including phenoxy) is 1. The van der Waals surface area contributed by atoms with Gasteiger partial charge in [-0.15, -0.1) is 0 Å². The number of phosphoric acid groups is 3. The van der Waals surface area contributed by atoms with Gasteiger partial charge < -0.3 is 34.8 Å². The van der Waals surface area contributed by atoms with Gasteiger partial charge in [0, 0.05) is 0 Å². The first-order valence-corrected chi connectivity index (χ1v) is 12.1. The lowest BCUT2D eigenvalue weighted by Gasteiger charge is -2.20. The SMILES string of the molecule is Nc1ncnc2c1ncn2[C@@H](C=O)O[C@@H](C=O)COP(=O)(O)OP(=O)(O)OP(=O)(O)O. The normalized spacial score (nSPS) is 18.1. The van der Waals surface area contributed by atoms with E-state index in [1.165, 1.54) is 0 Å². The van der Waals surface area contributed by atoms with Crippen molar-refractivity contribution >= 4 is 53.0 Å². The Morgan fingerprint density at radius 1 is 1.03 bits per heavy atom. The molecule has 0 fully saturated rings. The Morgan fingerprint density at radius 2 is 1.71 bits per heavy atom. The van der Waals surface area contributed by atoms with E-state index >= 15 is 0 Å². The molecule has 2 heterocycles. The lowest BCUT2D eigenvalue weighted by molar-refractivity contribution is -0.139. The van der Waals surface area contributed by atoms with E-state index in [1.54, 1.807) is 0 Å². The highest BCUT2D eigenvalue weighted by Gasteiger charge is 2.41. The van der Waals surface area contributed by atoms with Gasteiger partial charge in [0.2, 0.25) is 0 Å². The Balaban J connectivity index is 2.08. The van der Waals surface area contributed by atoms with Crippen molar-refractivity contribution < 1.29 is 60.7 Å². The fourth-order valence-corrected chi connectivity index (χ4v) is 5.01. The van der Waals surface area contributed by atoms with E-state index in [1.807, 2.05) is 0 Å². The number of nitrogens with zero attached hydrogens (tertiary/aromatic N) is 4. The number of carbonyl (C=O) groups excluding carboxylic acids is 2. The molecule has 0 aliphatic carbocycles. The van der Waals surface area contributed by atoms with E-state index in [2.05, 4.69) is 28.1 Å². The summed E-state index contributed by atoms with van der Waals surface area (Å²) in [4.78, 5) is 69.4. The molecule has 31 heavy (non-hydrogen) atoms.